The van der Waals surface area contributed by atoms with Crippen LogP contribution < -0.4 is 29.6 Å². The fraction of sp³-hybridized carbons (Fsp3) is 0.257. The zero-order chi connectivity index (χ0) is 60.5. The van der Waals surface area contributed by atoms with E-state index in [1.807, 2.05) is 72.8 Å². The highest BCUT2D eigenvalue weighted by molar-refractivity contribution is 6.10. The SMILES string of the molecule is C=CC(=O)OCCCCCCOc1ccc(C(=O)Oc2ccc(CCC)cc2)cc1.C=CC(=O)OCCCCCCOc1ccc(C(=O)Oc2ccc(N=Nc3ccc(N=Nc4ccc5c6c(cccc46)NC(C)(C)N5)c4ccccc34)cc2)cc1. The number of rotatable bonds is 28. The van der Waals surface area contributed by atoms with E-state index in [-0.39, 0.29) is 17.6 Å². The van der Waals surface area contributed by atoms with Gasteiger partial charge in [-0.15, -0.1) is 15.3 Å². The number of ether oxygens (including phenoxy) is 6. The van der Waals surface area contributed by atoms with Crippen molar-refractivity contribution in [2.45, 2.75) is 90.6 Å². The molecular formula is C70H72N6O10. The van der Waals surface area contributed by atoms with Gasteiger partial charge in [0.15, 0.2) is 0 Å². The Balaban J connectivity index is 0.000000271. The number of hydrogen-bond acceptors (Lipinski definition) is 16. The van der Waals surface area contributed by atoms with Gasteiger partial charge in [-0.2, -0.15) is 5.11 Å². The molecule has 0 aliphatic carbocycles. The van der Waals surface area contributed by atoms with Crippen molar-refractivity contribution in [2.24, 2.45) is 20.5 Å². The van der Waals surface area contributed by atoms with Crippen LogP contribution >= 0.6 is 0 Å². The Morgan fingerprint density at radius 3 is 1.36 bits per heavy atom. The summed E-state index contributed by atoms with van der Waals surface area (Å²) >= 11 is 0. The summed E-state index contributed by atoms with van der Waals surface area (Å²) in [6, 6.07) is 50.2. The van der Waals surface area contributed by atoms with E-state index in [1.54, 1.807) is 72.8 Å². The Labute approximate surface area is 502 Å². The fourth-order valence-electron chi connectivity index (χ4n) is 9.31. The summed E-state index contributed by atoms with van der Waals surface area (Å²) in [5.74, 6) is 0.681. The number of carbonyl (C=O) groups excluding carboxylic acids is 4. The molecule has 86 heavy (non-hydrogen) atoms. The highest BCUT2D eigenvalue weighted by Crippen LogP contribution is 2.43. The summed E-state index contributed by atoms with van der Waals surface area (Å²) in [6.45, 7) is 15.0. The molecular weight excluding hydrogens is 1080 g/mol. The van der Waals surface area contributed by atoms with Gasteiger partial charge in [0.1, 0.15) is 28.7 Å². The zero-order valence-corrected chi connectivity index (χ0v) is 48.9. The van der Waals surface area contributed by atoms with Gasteiger partial charge in [-0.25, -0.2) is 19.2 Å². The van der Waals surface area contributed by atoms with Crippen LogP contribution in [0, 0.1) is 0 Å². The van der Waals surface area contributed by atoms with Crippen LogP contribution in [-0.4, -0.2) is 56.0 Å². The predicted molar refractivity (Wildman–Crippen MR) is 337 cm³/mol. The van der Waals surface area contributed by atoms with Crippen molar-refractivity contribution in [3.63, 3.8) is 0 Å². The van der Waals surface area contributed by atoms with Gasteiger partial charge in [-0.05, 0) is 192 Å². The molecule has 16 nitrogen and oxygen atoms in total. The van der Waals surface area contributed by atoms with E-state index in [2.05, 4.69) is 78.1 Å². The summed E-state index contributed by atoms with van der Waals surface area (Å²) in [4.78, 5) is 47.1. The molecule has 0 atom stereocenters. The van der Waals surface area contributed by atoms with Crippen LogP contribution in [0.4, 0.5) is 34.1 Å². The normalized spacial score (nSPS) is 12.1. The molecule has 0 amide bonds. The molecule has 0 saturated heterocycles. The number of aryl methyl sites for hydroxylation is 1. The van der Waals surface area contributed by atoms with Crippen LogP contribution in [0.2, 0.25) is 0 Å². The Morgan fingerprint density at radius 2 is 0.872 bits per heavy atom. The van der Waals surface area contributed by atoms with Crippen LogP contribution in [0.15, 0.2) is 210 Å². The minimum Gasteiger partial charge on any atom is -0.494 e. The van der Waals surface area contributed by atoms with Crippen molar-refractivity contribution in [2.75, 3.05) is 37.1 Å². The van der Waals surface area contributed by atoms with Gasteiger partial charge in [0, 0.05) is 45.1 Å². The Bertz CT molecular complexity index is 3640. The standard InChI is InChI=1S/C45H42N6O5.C25H30O5/c1-4-42(52)55-29-10-6-5-9-28-54-32-20-16-30(17-21-32)44(53)56-33-22-18-31(19-23-33)48-49-37-24-25-38(35-13-8-7-12-34(35)37)50-51-39-26-27-41-43-36(39)14-11-15-40(43)46-45(2,3)47-41;1-3-9-20-10-14-23(15-11-20)30-25(27)21-12-16-22(17-13-21)28-18-7-5-6-8-19-29-24(26)4-2/h4,7-8,11-27,46-47H,1,5-6,9-10,28-29H2,2-3H3;4,10-17H,2-3,5-9,18-19H2,1H3. The average molecular weight is 1160 g/mol. The van der Waals surface area contributed by atoms with Crippen molar-refractivity contribution in [3.8, 4) is 23.0 Å². The van der Waals surface area contributed by atoms with Gasteiger partial charge in [0.25, 0.3) is 0 Å². The number of nitrogens with zero attached hydrogens (tertiary/aromatic N) is 4. The van der Waals surface area contributed by atoms with Gasteiger partial charge in [0.2, 0.25) is 0 Å². The molecule has 0 bridgehead atoms. The van der Waals surface area contributed by atoms with E-state index >= 15 is 0 Å². The van der Waals surface area contributed by atoms with Gasteiger partial charge in [0.05, 0.1) is 60.3 Å². The van der Waals surface area contributed by atoms with Gasteiger partial charge >= 0.3 is 23.9 Å². The quantitative estimate of drug-likeness (QED) is 0.0155. The highest BCUT2D eigenvalue weighted by atomic mass is 16.5. The lowest BCUT2D eigenvalue weighted by molar-refractivity contribution is -0.138. The van der Waals surface area contributed by atoms with E-state index in [1.165, 1.54) is 11.6 Å². The van der Waals surface area contributed by atoms with Crippen LogP contribution in [0.1, 0.15) is 105 Å². The second-order valence-electron chi connectivity index (χ2n) is 20.8. The van der Waals surface area contributed by atoms with Crippen molar-refractivity contribution in [3.05, 3.63) is 206 Å². The second kappa shape index (κ2) is 31.6. The molecule has 2 N–H and O–H groups in total. The summed E-state index contributed by atoms with van der Waals surface area (Å²) in [7, 11) is 0. The maximum atomic E-state index is 12.8. The largest absolute Gasteiger partial charge is 0.494 e. The monoisotopic (exact) mass is 1160 g/mol. The number of benzene rings is 8. The van der Waals surface area contributed by atoms with E-state index in [4.69, 9.17) is 33.5 Å². The number of anilines is 2. The third-order valence-corrected chi connectivity index (χ3v) is 13.7. The molecule has 0 unspecified atom stereocenters. The molecule has 1 aliphatic rings. The summed E-state index contributed by atoms with van der Waals surface area (Å²) in [5.41, 5.74) is 6.77. The van der Waals surface area contributed by atoms with Crippen LogP contribution in [0.3, 0.4) is 0 Å². The molecule has 0 aromatic heterocycles. The average Bonchev–Trinajstić information content (AvgIpc) is 1.06. The molecule has 0 radical (unpaired) electrons. The summed E-state index contributed by atoms with van der Waals surface area (Å²) in [5, 5.41) is 29.4. The van der Waals surface area contributed by atoms with Crippen LogP contribution in [-0.2, 0) is 25.5 Å². The molecule has 0 fully saturated rings. The summed E-state index contributed by atoms with van der Waals surface area (Å²) in [6.07, 6.45) is 11.7. The maximum absolute atomic E-state index is 12.8. The highest BCUT2D eigenvalue weighted by Gasteiger charge is 2.25. The van der Waals surface area contributed by atoms with Crippen molar-refractivity contribution in [1.82, 2.24) is 0 Å². The van der Waals surface area contributed by atoms with E-state index in [9.17, 15) is 19.2 Å². The topological polar surface area (TPSA) is 197 Å². The first-order chi connectivity index (χ1) is 41.9. The molecule has 16 heteroatoms. The fourth-order valence-corrected chi connectivity index (χ4v) is 9.31. The second-order valence-corrected chi connectivity index (χ2v) is 20.8. The minimum atomic E-state index is -0.478. The van der Waals surface area contributed by atoms with Crippen molar-refractivity contribution in [1.29, 1.82) is 0 Å². The zero-order valence-electron chi connectivity index (χ0n) is 48.9. The van der Waals surface area contributed by atoms with Crippen LogP contribution in [0.25, 0.3) is 21.5 Å². The number of hydrogen-bond donors (Lipinski definition) is 2. The smallest absolute Gasteiger partial charge is 0.343 e. The lowest BCUT2D eigenvalue weighted by Gasteiger charge is -2.36. The molecule has 0 spiro atoms. The van der Waals surface area contributed by atoms with Gasteiger partial charge in [-0.3, -0.25) is 0 Å². The first kappa shape index (κ1) is 62.1. The van der Waals surface area contributed by atoms with Gasteiger partial charge in [-0.1, -0.05) is 75.0 Å². The number of esters is 4. The predicted octanol–water partition coefficient (Wildman–Crippen LogP) is 17.8. The molecule has 1 aliphatic heterocycles. The lowest BCUT2D eigenvalue weighted by atomic mass is 10.00. The van der Waals surface area contributed by atoms with Crippen molar-refractivity contribution < 1.29 is 47.6 Å². The van der Waals surface area contributed by atoms with Crippen LogP contribution in [0.5, 0.6) is 23.0 Å². The minimum absolute atomic E-state index is 0.261. The third-order valence-electron chi connectivity index (χ3n) is 13.7. The molecule has 9 rings (SSSR count). The Kier molecular flexibility index (Phi) is 22.8. The molecule has 442 valence electrons. The van der Waals surface area contributed by atoms with Crippen molar-refractivity contribution >= 4 is 79.5 Å². The Hall–Kier alpha value is -9.96. The molecule has 1 heterocycles. The third kappa shape index (κ3) is 18.5. The van der Waals surface area contributed by atoms with E-state index in [0.717, 1.165) is 120 Å². The Morgan fingerprint density at radius 1 is 0.453 bits per heavy atom. The number of fused-ring (bicyclic) bond motifs is 1. The first-order valence-electron chi connectivity index (χ1n) is 29.0. The maximum Gasteiger partial charge on any atom is 0.343 e. The molecule has 8 aromatic carbocycles. The number of carbonyl (C=O) groups is 4. The number of azo groups is 2. The summed E-state index contributed by atoms with van der Waals surface area (Å²) < 4.78 is 32.4. The molecule has 8 aromatic rings. The first-order valence-corrected chi connectivity index (χ1v) is 29.0. The van der Waals surface area contributed by atoms with Gasteiger partial charge < -0.3 is 39.1 Å². The van der Waals surface area contributed by atoms with E-state index < -0.39 is 11.9 Å². The number of nitrogens with one attached hydrogen (secondary N) is 2. The lowest BCUT2D eigenvalue weighted by Crippen LogP contribution is -2.41. The van der Waals surface area contributed by atoms with E-state index in [0.29, 0.717) is 66.2 Å². The number of unbranched alkanes of at least 4 members (excludes halogenated alkanes) is 6. The molecule has 0 saturated carbocycles.